The van der Waals surface area contributed by atoms with Crippen molar-refractivity contribution in [2.24, 2.45) is 10.2 Å². The zero-order valence-electron chi connectivity index (χ0n) is 15.1. The summed E-state index contributed by atoms with van der Waals surface area (Å²) in [6, 6.07) is 14.8. The molecule has 29 heavy (non-hydrogen) atoms. The van der Waals surface area contributed by atoms with Gasteiger partial charge in [0.15, 0.2) is 0 Å². The van der Waals surface area contributed by atoms with E-state index in [-0.39, 0.29) is 17.1 Å². The lowest BCUT2D eigenvalue weighted by atomic mass is 10.2. The number of phenols is 1. The van der Waals surface area contributed by atoms with Crippen LogP contribution in [-0.2, 0) is 0 Å². The van der Waals surface area contributed by atoms with Gasteiger partial charge in [-0.3, -0.25) is 20.2 Å². The number of aromatic hydroxyl groups is 1. The van der Waals surface area contributed by atoms with Gasteiger partial charge in [0.1, 0.15) is 11.4 Å². The van der Waals surface area contributed by atoms with E-state index in [1.807, 2.05) is 0 Å². The fourth-order valence-electron chi connectivity index (χ4n) is 2.52. The lowest BCUT2D eigenvalue weighted by Gasteiger charge is -2.07. The van der Waals surface area contributed by atoms with E-state index in [4.69, 9.17) is 0 Å². The SMILES string of the molecule is Cc1cc(O)ccc1N=Nc1ccc(Nc2ccc([N+](=O)[O-])cc2[N+](=O)[O-])cc1. The molecule has 0 atom stereocenters. The van der Waals surface area contributed by atoms with Gasteiger partial charge in [0.2, 0.25) is 0 Å². The van der Waals surface area contributed by atoms with Crippen molar-refractivity contribution >= 4 is 34.1 Å². The maximum absolute atomic E-state index is 11.2. The van der Waals surface area contributed by atoms with Crippen molar-refractivity contribution < 1.29 is 15.0 Å². The Morgan fingerprint density at radius 3 is 2.24 bits per heavy atom. The number of phenolic OH excluding ortho intramolecular Hbond substituents is 1. The summed E-state index contributed by atoms with van der Waals surface area (Å²) in [7, 11) is 0. The number of nitrogens with zero attached hydrogens (tertiary/aromatic N) is 4. The predicted molar refractivity (Wildman–Crippen MR) is 106 cm³/mol. The molecule has 146 valence electrons. The molecule has 0 radical (unpaired) electrons. The van der Waals surface area contributed by atoms with E-state index < -0.39 is 15.5 Å². The van der Waals surface area contributed by atoms with Crippen molar-refractivity contribution in [1.82, 2.24) is 0 Å². The fourth-order valence-corrected chi connectivity index (χ4v) is 2.52. The Labute approximate surface area is 164 Å². The molecule has 0 amide bonds. The van der Waals surface area contributed by atoms with E-state index >= 15 is 0 Å². The molecule has 0 aliphatic rings. The molecule has 0 bridgehead atoms. The minimum absolute atomic E-state index is 0.134. The van der Waals surface area contributed by atoms with Crippen molar-refractivity contribution in [1.29, 1.82) is 0 Å². The highest BCUT2D eigenvalue weighted by Crippen LogP contribution is 2.32. The number of nitrogens with one attached hydrogen (secondary N) is 1. The molecule has 3 rings (SSSR count). The van der Waals surface area contributed by atoms with E-state index in [0.717, 1.165) is 11.6 Å². The molecule has 0 spiro atoms. The normalized spacial score (nSPS) is 10.8. The van der Waals surface area contributed by atoms with Crippen molar-refractivity contribution in [2.45, 2.75) is 6.92 Å². The Kier molecular flexibility index (Phi) is 5.44. The van der Waals surface area contributed by atoms with Crippen molar-refractivity contribution in [2.75, 3.05) is 5.32 Å². The van der Waals surface area contributed by atoms with Crippen LogP contribution in [-0.4, -0.2) is 15.0 Å². The highest BCUT2D eigenvalue weighted by molar-refractivity contribution is 5.72. The largest absolute Gasteiger partial charge is 0.508 e. The van der Waals surface area contributed by atoms with Crippen molar-refractivity contribution in [3.63, 3.8) is 0 Å². The third kappa shape index (κ3) is 4.69. The molecule has 0 fully saturated rings. The van der Waals surface area contributed by atoms with Crippen LogP contribution >= 0.6 is 0 Å². The third-order valence-corrected chi connectivity index (χ3v) is 3.99. The second-order valence-electron chi connectivity index (χ2n) is 6.06. The summed E-state index contributed by atoms with van der Waals surface area (Å²) in [5.41, 5.74) is 1.87. The van der Waals surface area contributed by atoms with Crippen LogP contribution in [0.3, 0.4) is 0 Å². The molecule has 0 aliphatic heterocycles. The van der Waals surface area contributed by atoms with Crippen LogP contribution in [0.4, 0.5) is 34.1 Å². The number of rotatable bonds is 6. The zero-order valence-corrected chi connectivity index (χ0v) is 15.1. The second-order valence-corrected chi connectivity index (χ2v) is 6.06. The van der Waals surface area contributed by atoms with Crippen molar-refractivity contribution in [3.8, 4) is 5.75 Å². The first-order valence-corrected chi connectivity index (χ1v) is 8.35. The van der Waals surface area contributed by atoms with Crippen LogP contribution in [0.15, 0.2) is 70.9 Å². The summed E-state index contributed by atoms with van der Waals surface area (Å²) in [5, 5.41) is 42.6. The number of hydrogen-bond donors (Lipinski definition) is 2. The number of hydrogen-bond acceptors (Lipinski definition) is 8. The smallest absolute Gasteiger partial charge is 0.299 e. The van der Waals surface area contributed by atoms with Crippen LogP contribution in [0.1, 0.15) is 5.56 Å². The van der Waals surface area contributed by atoms with E-state index in [0.29, 0.717) is 17.1 Å². The van der Waals surface area contributed by atoms with E-state index in [1.165, 1.54) is 18.2 Å². The molecule has 0 aromatic heterocycles. The van der Waals surface area contributed by atoms with Crippen molar-refractivity contribution in [3.05, 3.63) is 86.5 Å². The van der Waals surface area contributed by atoms with Crippen LogP contribution in [0.5, 0.6) is 5.75 Å². The number of nitro benzene ring substituents is 2. The van der Waals surface area contributed by atoms with Gasteiger partial charge in [0, 0.05) is 11.8 Å². The fraction of sp³-hybridized carbons (Fsp3) is 0.0526. The maximum atomic E-state index is 11.2. The Balaban J connectivity index is 1.78. The van der Waals surface area contributed by atoms with Gasteiger partial charge in [-0.1, -0.05) is 0 Å². The summed E-state index contributed by atoms with van der Waals surface area (Å²) >= 11 is 0. The highest BCUT2D eigenvalue weighted by atomic mass is 16.6. The molecule has 0 unspecified atom stereocenters. The van der Waals surface area contributed by atoms with Crippen LogP contribution in [0, 0.1) is 27.2 Å². The van der Waals surface area contributed by atoms with Gasteiger partial charge in [-0.15, -0.1) is 0 Å². The molecular formula is C19H15N5O5. The lowest BCUT2D eigenvalue weighted by molar-refractivity contribution is -0.393. The standard InChI is InChI=1S/C19H15N5O5/c1-12-10-16(25)7-9-17(12)22-21-14-4-2-13(3-5-14)20-18-8-6-15(23(26)27)11-19(18)24(28)29/h2-11,20,25H,1H3. The number of benzene rings is 3. The van der Waals surface area contributed by atoms with Gasteiger partial charge in [-0.25, -0.2) is 0 Å². The second kappa shape index (κ2) is 8.13. The third-order valence-electron chi connectivity index (χ3n) is 3.99. The molecule has 10 nitrogen and oxygen atoms in total. The van der Waals surface area contributed by atoms with E-state index in [2.05, 4.69) is 15.5 Å². The summed E-state index contributed by atoms with van der Waals surface area (Å²) < 4.78 is 0. The minimum atomic E-state index is -0.688. The molecule has 0 saturated heterocycles. The number of azo groups is 1. The first kappa shape index (κ1) is 19.4. The molecule has 0 saturated carbocycles. The summed E-state index contributed by atoms with van der Waals surface area (Å²) in [6.45, 7) is 1.80. The predicted octanol–water partition coefficient (Wildman–Crippen LogP) is 5.68. The molecule has 10 heteroatoms. The van der Waals surface area contributed by atoms with Crippen LogP contribution < -0.4 is 5.32 Å². The highest BCUT2D eigenvalue weighted by Gasteiger charge is 2.19. The average molecular weight is 393 g/mol. The van der Waals surface area contributed by atoms with Gasteiger partial charge in [0.05, 0.1) is 27.3 Å². The molecule has 3 aromatic carbocycles. The topological polar surface area (TPSA) is 143 Å². The van der Waals surface area contributed by atoms with Crippen LogP contribution in [0.25, 0.3) is 0 Å². The summed E-state index contributed by atoms with van der Waals surface area (Å²) in [6.07, 6.45) is 0. The monoisotopic (exact) mass is 393 g/mol. The maximum Gasteiger partial charge on any atom is 0.299 e. The first-order valence-electron chi connectivity index (χ1n) is 8.35. The average Bonchev–Trinajstić information content (AvgIpc) is 2.68. The minimum Gasteiger partial charge on any atom is -0.508 e. The van der Waals surface area contributed by atoms with Gasteiger partial charge in [0.25, 0.3) is 11.4 Å². The Hall–Kier alpha value is -4.34. The Morgan fingerprint density at radius 1 is 0.897 bits per heavy atom. The van der Waals surface area contributed by atoms with E-state index in [1.54, 1.807) is 43.3 Å². The number of aryl methyl sites for hydroxylation is 1. The molecule has 0 heterocycles. The van der Waals surface area contributed by atoms with Gasteiger partial charge in [-0.05, 0) is 61.0 Å². The quantitative estimate of drug-likeness (QED) is 0.313. The molecule has 3 aromatic rings. The van der Waals surface area contributed by atoms with Gasteiger partial charge in [-0.2, -0.15) is 10.2 Å². The Bertz CT molecular complexity index is 1110. The first-order chi connectivity index (χ1) is 13.8. The number of anilines is 2. The number of nitro groups is 2. The lowest BCUT2D eigenvalue weighted by Crippen LogP contribution is -1.98. The zero-order chi connectivity index (χ0) is 21.0. The molecule has 2 N–H and O–H groups in total. The van der Waals surface area contributed by atoms with Gasteiger partial charge >= 0.3 is 0 Å². The van der Waals surface area contributed by atoms with Gasteiger partial charge < -0.3 is 10.4 Å². The van der Waals surface area contributed by atoms with E-state index in [9.17, 15) is 25.3 Å². The molecular weight excluding hydrogens is 378 g/mol. The molecule has 0 aliphatic carbocycles. The van der Waals surface area contributed by atoms with Crippen LogP contribution in [0.2, 0.25) is 0 Å². The summed E-state index contributed by atoms with van der Waals surface area (Å²) in [5.74, 6) is 0.150. The summed E-state index contributed by atoms with van der Waals surface area (Å²) in [4.78, 5) is 20.7. The number of non-ortho nitro benzene ring substituents is 1. The Morgan fingerprint density at radius 2 is 1.62 bits per heavy atom.